The van der Waals surface area contributed by atoms with Crippen LogP contribution in [0.25, 0.3) is 0 Å². The fourth-order valence-electron chi connectivity index (χ4n) is 3.98. The van der Waals surface area contributed by atoms with Gasteiger partial charge in [-0.1, -0.05) is 6.42 Å². The van der Waals surface area contributed by atoms with Gasteiger partial charge >= 0.3 is 0 Å². The Labute approximate surface area is 126 Å². The van der Waals surface area contributed by atoms with Gasteiger partial charge in [-0.25, -0.2) is 0 Å². The van der Waals surface area contributed by atoms with E-state index in [0.717, 1.165) is 25.6 Å². The molecule has 3 atom stereocenters. The van der Waals surface area contributed by atoms with E-state index in [1.54, 1.807) is 0 Å². The van der Waals surface area contributed by atoms with Gasteiger partial charge in [0.2, 0.25) is 0 Å². The lowest BCUT2D eigenvalue weighted by Gasteiger charge is -2.46. The van der Waals surface area contributed by atoms with E-state index < -0.39 is 0 Å². The molecule has 4 nitrogen and oxygen atoms in total. The molecule has 2 aliphatic carbocycles. The summed E-state index contributed by atoms with van der Waals surface area (Å²) in [6.07, 6.45) is 10.7. The standard InChI is InChI=1S/C17H24N2O2/c1-2-14(3-1)19-10-11-20-17-15(19)4-5-16(17)21-12-13-6-8-18-9-7-13/h6-9,14-17H,1-5,10-12H2/t15-,16-,17-/m1/s1. The lowest BCUT2D eigenvalue weighted by atomic mass is 9.89. The minimum absolute atomic E-state index is 0.256. The van der Waals surface area contributed by atoms with Crippen LogP contribution in [0, 0.1) is 0 Å². The molecule has 4 rings (SSSR count). The summed E-state index contributed by atoms with van der Waals surface area (Å²) >= 11 is 0. The molecule has 114 valence electrons. The molecule has 0 aromatic carbocycles. The molecule has 3 fully saturated rings. The van der Waals surface area contributed by atoms with Crippen molar-refractivity contribution in [1.82, 2.24) is 9.88 Å². The average Bonchev–Trinajstić information content (AvgIpc) is 2.89. The second kappa shape index (κ2) is 6.03. The first-order valence-electron chi connectivity index (χ1n) is 8.30. The van der Waals surface area contributed by atoms with Crippen molar-refractivity contribution in [3.63, 3.8) is 0 Å². The third-order valence-corrected chi connectivity index (χ3v) is 5.34. The zero-order valence-corrected chi connectivity index (χ0v) is 12.5. The fourth-order valence-corrected chi connectivity index (χ4v) is 3.98. The minimum Gasteiger partial charge on any atom is -0.373 e. The largest absolute Gasteiger partial charge is 0.373 e. The molecule has 1 saturated heterocycles. The fraction of sp³-hybridized carbons (Fsp3) is 0.706. The summed E-state index contributed by atoms with van der Waals surface area (Å²) in [7, 11) is 0. The molecule has 21 heavy (non-hydrogen) atoms. The van der Waals surface area contributed by atoms with Gasteiger partial charge in [-0.15, -0.1) is 0 Å². The Balaban J connectivity index is 1.37. The van der Waals surface area contributed by atoms with Crippen LogP contribution in [-0.2, 0) is 16.1 Å². The number of rotatable bonds is 4. The van der Waals surface area contributed by atoms with Crippen LogP contribution >= 0.6 is 0 Å². The maximum Gasteiger partial charge on any atom is 0.0992 e. The average molecular weight is 288 g/mol. The molecule has 1 aromatic heterocycles. The highest BCUT2D eigenvalue weighted by Crippen LogP contribution is 2.37. The Morgan fingerprint density at radius 1 is 1.19 bits per heavy atom. The quantitative estimate of drug-likeness (QED) is 0.852. The lowest BCUT2D eigenvalue weighted by molar-refractivity contribution is -0.131. The first kappa shape index (κ1) is 13.7. The van der Waals surface area contributed by atoms with E-state index in [1.807, 2.05) is 24.5 Å². The van der Waals surface area contributed by atoms with Crippen LogP contribution in [-0.4, -0.2) is 47.3 Å². The maximum absolute atomic E-state index is 6.16. The SMILES string of the molecule is c1cc(CO[C@@H]2CC[C@@H]3[C@H]2OCCN3C2CCC2)ccn1. The van der Waals surface area contributed by atoms with Gasteiger partial charge in [0.1, 0.15) is 0 Å². The van der Waals surface area contributed by atoms with Crippen LogP contribution < -0.4 is 0 Å². The molecule has 0 amide bonds. The van der Waals surface area contributed by atoms with E-state index in [4.69, 9.17) is 9.47 Å². The van der Waals surface area contributed by atoms with Crippen molar-refractivity contribution < 1.29 is 9.47 Å². The van der Waals surface area contributed by atoms with E-state index in [9.17, 15) is 0 Å². The number of nitrogens with zero attached hydrogens (tertiary/aromatic N) is 2. The summed E-state index contributed by atoms with van der Waals surface area (Å²) in [4.78, 5) is 6.76. The summed E-state index contributed by atoms with van der Waals surface area (Å²) in [5.41, 5.74) is 1.19. The Morgan fingerprint density at radius 2 is 2.05 bits per heavy atom. The Morgan fingerprint density at radius 3 is 2.81 bits per heavy atom. The summed E-state index contributed by atoms with van der Waals surface area (Å²) in [6.45, 7) is 2.65. The second-order valence-electron chi connectivity index (χ2n) is 6.51. The van der Waals surface area contributed by atoms with Crippen LogP contribution in [0.3, 0.4) is 0 Å². The van der Waals surface area contributed by atoms with Gasteiger partial charge in [-0.05, 0) is 43.4 Å². The summed E-state index contributed by atoms with van der Waals surface area (Å²) in [6, 6.07) is 5.45. The second-order valence-corrected chi connectivity index (χ2v) is 6.51. The van der Waals surface area contributed by atoms with E-state index in [0.29, 0.717) is 12.6 Å². The molecule has 0 spiro atoms. The van der Waals surface area contributed by atoms with Gasteiger partial charge in [0.05, 0.1) is 25.4 Å². The smallest absolute Gasteiger partial charge is 0.0992 e. The number of pyridine rings is 1. The third kappa shape index (κ3) is 2.72. The van der Waals surface area contributed by atoms with Gasteiger partial charge < -0.3 is 9.47 Å². The lowest BCUT2D eigenvalue weighted by Crippen LogP contribution is -2.56. The number of hydrogen-bond donors (Lipinski definition) is 0. The van der Waals surface area contributed by atoms with Crippen molar-refractivity contribution in [2.75, 3.05) is 13.2 Å². The predicted molar refractivity (Wildman–Crippen MR) is 79.9 cm³/mol. The van der Waals surface area contributed by atoms with Crippen LogP contribution in [0.1, 0.15) is 37.7 Å². The molecule has 3 aliphatic rings. The summed E-state index contributed by atoms with van der Waals surface area (Å²) in [5.74, 6) is 0. The number of fused-ring (bicyclic) bond motifs is 1. The van der Waals surface area contributed by atoms with E-state index in [2.05, 4.69) is 9.88 Å². The molecule has 0 bridgehead atoms. The molecule has 1 aliphatic heterocycles. The van der Waals surface area contributed by atoms with Crippen molar-refractivity contribution >= 4 is 0 Å². The molecule has 0 unspecified atom stereocenters. The number of morpholine rings is 1. The van der Waals surface area contributed by atoms with E-state index in [-0.39, 0.29) is 12.2 Å². The van der Waals surface area contributed by atoms with Crippen LogP contribution in [0.15, 0.2) is 24.5 Å². The molecule has 4 heteroatoms. The Kier molecular flexibility index (Phi) is 3.93. The van der Waals surface area contributed by atoms with Crippen molar-refractivity contribution in [1.29, 1.82) is 0 Å². The van der Waals surface area contributed by atoms with Crippen LogP contribution in [0.5, 0.6) is 0 Å². The van der Waals surface area contributed by atoms with Gasteiger partial charge in [0.15, 0.2) is 0 Å². The van der Waals surface area contributed by atoms with Gasteiger partial charge in [0, 0.05) is 31.0 Å². The van der Waals surface area contributed by atoms with Crippen LogP contribution in [0.4, 0.5) is 0 Å². The van der Waals surface area contributed by atoms with Crippen molar-refractivity contribution in [2.45, 2.75) is 63.0 Å². The van der Waals surface area contributed by atoms with Gasteiger partial charge in [-0.3, -0.25) is 9.88 Å². The zero-order chi connectivity index (χ0) is 14.1. The Hall–Kier alpha value is -0.970. The molecule has 1 aromatic rings. The Bertz CT molecular complexity index is 463. The topological polar surface area (TPSA) is 34.6 Å². The number of aromatic nitrogens is 1. The zero-order valence-electron chi connectivity index (χ0n) is 12.5. The molecule has 2 heterocycles. The third-order valence-electron chi connectivity index (χ3n) is 5.34. The first-order valence-corrected chi connectivity index (χ1v) is 8.30. The highest BCUT2D eigenvalue weighted by Gasteiger charge is 2.46. The minimum atomic E-state index is 0.256. The molecule has 0 N–H and O–H groups in total. The van der Waals surface area contributed by atoms with Crippen LogP contribution in [0.2, 0.25) is 0 Å². The molecule has 2 saturated carbocycles. The highest BCUT2D eigenvalue weighted by atomic mass is 16.5. The molecular weight excluding hydrogens is 264 g/mol. The monoisotopic (exact) mass is 288 g/mol. The van der Waals surface area contributed by atoms with Gasteiger partial charge in [0.25, 0.3) is 0 Å². The first-order chi connectivity index (χ1) is 10.4. The van der Waals surface area contributed by atoms with E-state index >= 15 is 0 Å². The molecular formula is C17H24N2O2. The van der Waals surface area contributed by atoms with Crippen molar-refractivity contribution in [3.05, 3.63) is 30.1 Å². The highest BCUT2D eigenvalue weighted by molar-refractivity contribution is 5.08. The normalized spacial score (nSPS) is 33.6. The maximum atomic E-state index is 6.16. The number of ether oxygens (including phenoxy) is 2. The summed E-state index contributed by atoms with van der Waals surface area (Å²) < 4.78 is 12.2. The van der Waals surface area contributed by atoms with Gasteiger partial charge in [-0.2, -0.15) is 0 Å². The predicted octanol–water partition coefficient (Wildman–Crippen LogP) is 2.38. The number of hydrogen-bond acceptors (Lipinski definition) is 4. The molecule has 0 radical (unpaired) electrons. The van der Waals surface area contributed by atoms with Crippen molar-refractivity contribution in [3.8, 4) is 0 Å². The van der Waals surface area contributed by atoms with Crippen molar-refractivity contribution in [2.24, 2.45) is 0 Å². The summed E-state index contributed by atoms with van der Waals surface area (Å²) in [5, 5.41) is 0. The van der Waals surface area contributed by atoms with E-state index in [1.165, 1.54) is 31.2 Å².